The number of imidazole rings is 1. The van der Waals surface area contributed by atoms with Crippen molar-refractivity contribution >= 4 is 63.1 Å². The summed E-state index contributed by atoms with van der Waals surface area (Å²) in [6.45, 7) is 7.90. The first-order chi connectivity index (χ1) is 22.7. The quantitative estimate of drug-likeness (QED) is 0.182. The van der Waals surface area contributed by atoms with Gasteiger partial charge in [-0.2, -0.15) is 4.98 Å². The highest BCUT2D eigenvalue weighted by Crippen LogP contribution is 2.47. The third-order valence-corrected chi connectivity index (χ3v) is 9.63. The third-order valence-electron chi connectivity index (χ3n) is 8.88. The first-order valence-electron chi connectivity index (χ1n) is 15.2. The number of rotatable bonds is 9. The van der Waals surface area contributed by atoms with Gasteiger partial charge in [-0.05, 0) is 56.3 Å². The number of amides is 1. The van der Waals surface area contributed by atoms with Crippen LogP contribution in [-0.2, 0) is 11.3 Å². The summed E-state index contributed by atoms with van der Waals surface area (Å²) in [6, 6.07) is 10.8. The monoisotopic (exact) mass is 672 g/mol. The van der Waals surface area contributed by atoms with Gasteiger partial charge in [0, 0.05) is 78.1 Å². The fourth-order valence-electron chi connectivity index (χ4n) is 6.74. The fraction of sp³-hybridized carbons (Fsp3) is 0.294. The fourth-order valence-corrected chi connectivity index (χ4v) is 7.44. The molecule has 0 radical (unpaired) electrons. The summed E-state index contributed by atoms with van der Waals surface area (Å²) in [5.41, 5.74) is 6.09. The van der Waals surface area contributed by atoms with E-state index in [0.29, 0.717) is 68.5 Å². The van der Waals surface area contributed by atoms with Gasteiger partial charge in [0.05, 0.1) is 30.0 Å². The zero-order valence-corrected chi connectivity index (χ0v) is 28.0. The Balaban J connectivity index is 1.29. The molecule has 1 amide bonds. The maximum Gasteiger partial charge on any atom is 0.243 e. The molecule has 2 aromatic carbocycles. The number of anilines is 3. The Hall–Kier alpha value is -4.58. The van der Waals surface area contributed by atoms with Crippen LogP contribution in [0.5, 0.6) is 11.5 Å². The lowest BCUT2D eigenvalue weighted by Gasteiger charge is -2.57. The molecule has 0 saturated carbocycles. The second-order valence-corrected chi connectivity index (χ2v) is 12.7. The molecular weight excluding hydrogens is 639 g/mol. The van der Waals surface area contributed by atoms with Crippen molar-refractivity contribution in [3.63, 3.8) is 0 Å². The summed E-state index contributed by atoms with van der Waals surface area (Å²) >= 11 is 13.6. The molecule has 0 spiro atoms. The van der Waals surface area contributed by atoms with Crippen molar-refractivity contribution in [1.82, 2.24) is 29.6 Å². The Morgan fingerprint density at radius 2 is 1.79 bits per heavy atom. The standard InChI is InChI=1S/C34H34Cl2N8O3/c1-6-28(45)37-13-19-9-21(44-22-11-23(44)17-42(3)16-22)7-8-25(19)40-34-38-14-20-10-24(33-39-18(2)15-43(33)32(20)41-34)29-30(35)26(46-4)12-27(47-5)31(29)36/h6-10,12,14-15,22-23H,1,11,13,16-17H2,2-5H3,(H,37,45)(H,38,40,41). The van der Waals surface area contributed by atoms with Gasteiger partial charge < -0.3 is 29.9 Å². The molecule has 2 aliphatic rings. The molecule has 47 heavy (non-hydrogen) atoms. The average Bonchev–Trinajstić information content (AvgIpc) is 3.46. The highest BCUT2D eigenvalue weighted by Gasteiger charge is 2.43. The van der Waals surface area contributed by atoms with Gasteiger partial charge >= 0.3 is 0 Å². The third kappa shape index (κ3) is 5.48. The van der Waals surface area contributed by atoms with E-state index in [1.54, 1.807) is 12.3 Å². The van der Waals surface area contributed by atoms with Crippen LogP contribution >= 0.6 is 23.2 Å². The van der Waals surface area contributed by atoms with E-state index in [9.17, 15) is 4.79 Å². The van der Waals surface area contributed by atoms with Crippen LogP contribution in [0.2, 0.25) is 10.0 Å². The van der Waals surface area contributed by atoms with E-state index in [0.717, 1.165) is 41.1 Å². The molecule has 2 fully saturated rings. The summed E-state index contributed by atoms with van der Waals surface area (Å²) in [7, 11) is 5.25. The minimum Gasteiger partial charge on any atom is -0.495 e. The Bertz CT molecular complexity index is 2030. The number of pyridine rings is 1. The van der Waals surface area contributed by atoms with Gasteiger partial charge in [-0.3, -0.25) is 9.20 Å². The van der Waals surface area contributed by atoms with Gasteiger partial charge in [-0.25, -0.2) is 9.97 Å². The number of nitrogens with one attached hydrogen (secondary N) is 2. The number of carbonyl (C=O) groups is 1. The number of fused-ring (bicyclic) bond motifs is 5. The molecule has 2 saturated heterocycles. The predicted molar refractivity (Wildman–Crippen MR) is 186 cm³/mol. The smallest absolute Gasteiger partial charge is 0.243 e. The molecule has 2 aliphatic heterocycles. The molecule has 11 nitrogen and oxygen atoms in total. The Labute approximate surface area is 282 Å². The van der Waals surface area contributed by atoms with Crippen molar-refractivity contribution in [2.45, 2.75) is 32.0 Å². The van der Waals surface area contributed by atoms with Crippen LogP contribution < -0.4 is 25.0 Å². The van der Waals surface area contributed by atoms with Gasteiger partial charge in [0.1, 0.15) is 17.1 Å². The summed E-state index contributed by atoms with van der Waals surface area (Å²) in [5, 5.41) is 7.74. The molecule has 5 aromatic rings. The van der Waals surface area contributed by atoms with Crippen LogP contribution in [0, 0.1) is 6.92 Å². The molecule has 2 atom stereocenters. The maximum absolute atomic E-state index is 12.1. The molecule has 2 bridgehead atoms. The van der Waals surface area contributed by atoms with Gasteiger partial charge in [0.25, 0.3) is 0 Å². The van der Waals surface area contributed by atoms with Crippen LogP contribution in [0.25, 0.3) is 27.8 Å². The van der Waals surface area contributed by atoms with Crippen LogP contribution in [0.15, 0.2) is 55.4 Å². The average molecular weight is 674 g/mol. The highest BCUT2D eigenvalue weighted by molar-refractivity contribution is 6.41. The summed E-state index contributed by atoms with van der Waals surface area (Å²) in [5.74, 6) is 1.00. The Morgan fingerprint density at radius 1 is 1.06 bits per heavy atom. The summed E-state index contributed by atoms with van der Waals surface area (Å²) in [6.07, 6.45) is 6.12. The van der Waals surface area contributed by atoms with Crippen molar-refractivity contribution in [3.05, 3.63) is 76.7 Å². The van der Waals surface area contributed by atoms with Crippen molar-refractivity contribution in [1.29, 1.82) is 0 Å². The number of likely N-dealkylation sites (N-methyl/N-ethyl adjacent to an activating group) is 1. The lowest BCUT2D eigenvalue weighted by atomic mass is 9.86. The number of piperazine rings is 1. The number of carbonyl (C=O) groups excluding carboxylic acids is 1. The number of ether oxygens (including phenoxy) is 2. The van der Waals surface area contributed by atoms with Crippen LogP contribution in [0.1, 0.15) is 17.7 Å². The van der Waals surface area contributed by atoms with E-state index in [1.807, 2.05) is 29.7 Å². The molecule has 2 N–H and O–H groups in total. The first kappa shape index (κ1) is 31.0. The molecule has 242 valence electrons. The van der Waals surface area contributed by atoms with Crippen LogP contribution in [0.3, 0.4) is 0 Å². The SMILES string of the molecule is C=CC(=O)NCc1cc(N2C3CC2CN(C)C3)ccc1Nc1ncc2cc(-c3c(Cl)c(OC)cc(OC)c3Cl)c3nc(C)cn3c2n1. The number of aromatic nitrogens is 4. The maximum atomic E-state index is 12.1. The lowest BCUT2D eigenvalue weighted by molar-refractivity contribution is -0.116. The number of hydrogen-bond acceptors (Lipinski definition) is 9. The zero-order chi connectivity index (χ0) is 33.0. The van der Waals surface area contributed by atoms with Crippen LogP contribution in [0.4, 0.5) is 17.3 Å². The number of benzene rings is 2. The van der Waals surface area contributed by atoms with E-state index in [4.69, 9.17) is 42.6 Å². The number of piperidine rings is 1. The second kappa shape index (κ2) is 12.2. The molecular formula is C34H34Cl2N8O3. The van der Waals surface area contributed by atoms with E-state index in [1.165, 1.54) is 26.7 Å². The van der Waals surface area contributed by atoms with E-state index >= 15 is 0 Å². The molecule has 2 unspecified atom stereocenters. The Kier molecular flexibility index (Phi) is 8.07. The molecule has 3 aromatic heterocycles. The second-order valence-electron chi connectivity index (χ2n) is 12.0. The topological polar surface area (TPSA) is 109 Å². The number of nitrogens with zero attached hydrogens (tertiary/aromatic N) is 6. The summed E-state index contributed by atoms with van der Waals surface area (Å²) < 4.78 is 12.9. The first-order valence-corrected chi connectivity index (χ1v) is 16.0. The molecule has 13 heteroatoms. The predicted octanol–water partition coefficient (Wildman–Crippen LogP) is 6.02. The number of halogens is 2. The van der Waals surface area contributed by atoms with Crippen molar-refractivity contribution in [2.75, 3.05) is 44.6 Å². The van der Waals surface area contributed by atoms with Gasteiger partial charge in [0.2, 0.25) is 11.9 Å². The minimum absolute atomic E-state index is 0.242. The normalized spacial score (nSPS) is 17.4. The van der Waals surface area contributed by atoms with Gasteiger partial charge in [-0.15, -0.1) is 0 Å². The number of hydrogen-bond donors (Lipinski definition) is 2. The van der Waals surface area contributed by atoms with E-state index in [-0.39, 0.29) is 5.91 Å². The van der Waals surface area contributed by atoms with Gasteiger partial charge in [0.15, 0.2) is 5.65 Å². The number of aryl methyl sites for hydroxylation is 1. The summed E-state index contributed by atoms with van der Waals surface area (Å²) in [4.78, 5) is 31.4. The van der Waals surface area contributed by atoms with E-state index < -0.39 is 0 Å². The largest absolute Gasteiger partial charge is 0.495 e. The van der Waals surface area contributed by atoms with Gasteiger partial charge in [-0.1, -0.05) is 29.8 Å². The highest BCUT2D eigenvalue weighted by atomic mass is 35.5. The lowest BCUT2D eigenvalue weighted by Crippen LogP contribution is -2.68. The molecule has 5 heterocycles. The number of likely N-dealkylation sites (tertiary alicyclic amines) is 1. The van der Waals surface area contributed by atoms with Crippen LogP contribution in [-0.4, -0.2) is 76.6 Å². The molecule has 0 aliphatic carbocycles. The Morgan fingerprint density at radius 3 is 2.47 bits per heavy atom. The number of methoxy groups -OCH3 is 2. The van der Waals surface area contributed by atoms with Crippen molar-refractivity contribution < 1.29 is 14.3 Å². The minimum atomic E-state index is -0.242. The van der Waals surface area contributed by atoms with E-state index in [2.05, 4.69) is 51.2 Å². The van der Waals surface area contributed by atoms with Crippen molar-refractivity contribution in [2.24, 2.45) is 0 Å². The zero-order valence-electron chi connectivity index (χ0n) is 26.5. The molecule has 7 rings (SSSR count). The van der Waals surface area contributed by atoms with Crippen molar-refractivity contribution in [3.8, 4) is 22.6 Å².